The lowest BCUT2D eigenvalue weighted by atomic mass is 9.74. The van der Waals surface area contributed by atoms with E-state index < -0.39 is 16.1 Å². The monoisotopic (exact) mass is 485 g/mol. The minimum absolute atomic E-state index is 0.0830. The van der Waals surface area contributed by atoms with Gasteiger partial charge >= 0.3 is 0 Å². The topological polar surface area (TPSA) is 96.0 Å². The van der Waals surface area contributed by atoms with Gasteiger partial charge in [-0.2, -0.15) is 0 Å². The summed E-state index contributed by atoms with van der Waals surface area (Å²) in [5.74, 6) is -0.465. The van der Waals surface area contributed by atoms with Crippen molar-refractivity contribution in [1.29, 1.82) is 0 Å². The molecule has 9 heteroatoms. The number of rotatable bonds is 7. The number of carbonyl (C=O) groups is 2. The van der Waals surface area contributed by atoms with Crippen LogP contribution >= 0.6 is 0 Å². The van der Waals surface area contributed by atoms with Crippen molar-refractivity contribution in [2.24, 2.45) is 0 Å². The predicted molar refractivity (Wildman–Crippen MR) is 130 cm³/mol. The quantitative estimate of drug-likeness (QED) is 0.648. The Labute approximate surface area is 200 Å². The van der Waals surface area contributed by atoms with E-state index in [1.807, 2.05) is 54.6 Å². The van der Waals surface area contributed by atoms with Crippen LogP contribution in [0.15, 0.2) is 54.6 Å². The van der Waals surface area contributed by atoms with Gasteiger partial charge in [-0.3, -0.25) is 13.9 Å². The smallest absolute Gasteiger partial charge is 0.247 e. The molecule has 1 saturated heterocycles. The van der Waals surface area contributed by atoms with Crippen molar-refractivity contribution in [2.75, 3.05) is 36.8 Å². The normalized spacial score (nSPS) is 17.9. The molecule has 34 heavy (non-hydrogen) atoms. The minimum Gasteiger partial charge on any atom is -0.374 e. The first-order valence-electron chi connectivity index (χ1n) is 11.4. The zero-order chi connectivity index (χ0) is 24.3. The third kappa shape index (κ3) is 5.10. The number of benzene rings is 2. The molecule has 1 N–H and O–H groups in total. The maximum atomic E-state index is 13.3. The molecular weight excluding hydrogens is 454 g/mol. The van der Waals surface area contributed by atoms with Crippen molar-refractivity contribution in [2.45, 2.75) is 37.8 Å². The van der Waals surface area contributed by atoms with Gasteiger partial charge in [0.1, 0.15) is 6.04 Å². The second-order valence-electron chi connectivity index (χ2n) is 9.15. The van der Waals surface area contributed by atoms with E-state index in [0.717, 1.165) is 16.8 Å². The van der Waals surface area contributed by atoms with Crippen LogP contribution in [0.3, 0.4) is 0 Å². The van der Waals surface area contributed by atoms with Gasteiger partial charge in [-0.05, 0) is 30.0 Å². The number of likely N-dealkylation sites (tertiary alicyclic amines) is 1. The lowest BCUT2D eigenvalue weighted by Gasteiger charge is -2.40. The van der Waals surface area contributed by atoms with Crippen molar-refractivity contribution < 1.29 is 22.7 Å². The van der Waals surface area contributed by atoms with Crippen LogP contribution < -0.4 is 9.62 Å². The molecule has 0 saturated carbocycles. The summed E-state index contributed by atoms with van der Waals surface area (Å²) in [5, 5.41) is 2.72. The summed E-state index contributed by atoms with van der Waals surface area (Å²) in [7, 11) is -3.39. The molecule has 1 atom stereocenters. The largest absolute Gasteiger partial charge is 0.374 e. The first-order chi connectivity index (χ1) is 16.2. The van der Waals surface area contributed by atoms with Crippen LogP contribution in [0.2, 0.25) is 0 Å². The number of anilines is 1. The van der Waals surface area contributed by atoms with Gasteiger partial charge in [-0.1, -0.05) is 48.5 Å². The maximum absolute atomic E-state index is 13.3. The van der Waals surface area contributed by atoms with Gasteiger partial charge in [0.25, 0.3) is 0 Å². The van der Waals surface area contributed by atoms with Gasteiger partial charge < -0.3 is 15.0 Å². The predicted octanol–water partition coefficient (Wildman–Crippen LogP) is 2.05. The van der Waals surface area contributed by atoms with Gasteiger partial charge in [-0.25, -0.2) is 8.42 Å². The van der Waals surface area contributed by atoms with Crippen LogP contribution in [0, 0.1) is 0 Å². The van der Waals surface area contributed by atoms with E-state index in [1.165, 1.54) is 17.5 Å². The van der Waals surface area contributed by atoms with Crippen molar-refractivity contribution in [1.82, 2.24) is 10.2 Å². The van der Waals surface area contributed by atoms with Crippen molar-refractivity contribution in [3.63, 3.8) is 0 Å². The fourth-order valence-corrected chi connectivity index (χ4v) is 5.97. The maximum Gasteiger partial charge on any atom is 0.247 e. The molecule has 8 nitrogen and oxygen atoms in total. The third-order valence-corrected chi connectivity index (χ3v) is 7.82. The number of amides is 2. The molecule has 2 aliphatic heterocycles. The average Bonchev–Trinajstić information content (AvgIpc) is 3.14. The Bertz CT molecular complexity index is 1140. The Kier molecular flexibility index (Phi) is 6.95. The van der Waals surface area contributed by atoms with E-state index in [2.05, 4.69) is 5.32 Å². The van der Waals surface area contributed by atoms with E-state index in [4.69, 9.17) is 4.74 Å². The summed E-state index contributed by atoms with van der Waals surface area (Å²) in [6, 6.07) is 16.5. The second kappa shape index (κ2) is 9.76. The fraction of sp³-hybridized carbons (Fsp3) is 0.440. The molecule has 0 aliphatic carbocycles. The Hall–Kier alpha value is -2.91. The number of sulfonamides is 1. The minimum atomic E-state index is -3.39. The van der Waals surface area contributed by atoms with Gasteiger partial charge in [0, 0.05) is 32.0 Å². The Morgan fingerprint density at radius 3 is 2.35 bits per heavy atom. The van der Waals surface area contributed by atoms with Gasteiger partial charge in [0.15, 0.2) is 0 Å². The lowest BCUT2D eigenvalue weighted by molar-refractivity contribution is -0.139. The molecule has 2 aliphatic rings. The van der Waals surface area contributed by atoms with E-state index in [9.17, 15) is 18.0 Å². The number of nitrogens with one attached hydrogen (secondary N) is 1. The van der Waals surface area contributed by atoms with Crippen LogP contribution in [0.25, 0.3) is 0 Å². The average molecular weight is 486 g/mol. The molecule has 1 spiro atoms. The zero-order valence-corrected chi connectivity index (χ0v) is 20.4. The zero-order valence-electron chi connectivity index (χ0n) is 19.6. The molecular formula is C25H31N3O5S. The number of fused-ring (bicyclic) bond motifs is 2. The van der Waals surface area contributed by atoms with Crippen LogP contribution in [0.5, 0.6) is 0 Å². The summed E-state index contributed by atoms with van der Waals surface area (Å²) in [4.78, 5) is 26.8. The first kappa shape index (κ1) is 24.2. The van der Waals surface area contributed by atoms with Crippen LogP contribution in [0.4, 0.5) is 5.69 Å². The summed E-state index contributed by atoms with van der Waals surface area (Å²) in [6.45, 7) is 3.19. The standard InChI is InChI=1S/C25H31N3O5S/c1-19(29)26-22(17-33-16-20-8-4-3-5-9-20)24(30)27-14-12-25(13-15-27)18-28(34(2,31)32)23-11-7-6-10-21(23)25/h3-11,22H,12-18H2,1-2H3,(H,26,29). The molecule has 0 bridgehead atoms. The molecule has 2 heterocycles. The van der Waals surface area contributed by atoms with Crippen LogP contribution in [0.1, 0.15) is 30.9 Å². The second-order valence-corrected chi connectivity index (χ2v) is 11.1. The number of carbonyl (C=O) groups excluding carboxylic acids is 2. The number of hydrogen-bond donors (Lipinski definition) is 1. The van der Waals surface area contributed by atoms with Gasteiger partial charge in [-0.15, -0.1) is 0 Å². The molecule has 2 aromatic rings. The SMILES string of the molecule is CC(=O)NC(COCc1ccccc1)C(=O)N1CCC2(CC1)CN(S(C)(=O)=O)c1ccccc12. The van der Waals surface area contributed by atoms with E-state index >= 15 is 0 Å². The van der Waals surface area contributed by atoms with E-state index in [0.29, 0.717) is 39.1 Å². The molecule has 4 rings (SSSR count). The summed E-state index contributed by atoms with van der Waals surface area (Å²) in [6.07, 6.45) is 2.54. The van der Waals surface area contributed by atoms with Crippen LogP contribution in [-0.2, 0) is 36.4 Å². The van der Waals surface area contributed by atoms with E-state index in [-0.39, 0.29) is 23.8 Å². The molecule has 1 fully saturated rings. The number of nitrogens with zero attached hydrogens (tertiary/aromatic N) is 2. The highest BCUT2D eigenvalue weighted by Crippen LogP contribution is 2.47. The highest BCUT2D eigenvalue weighted by molar-refractivity contribution is 7.92. The van der Waals surface area contributed by atoms with Crippen molar-refractivity contribution >= 4 is 27.5 Å². The van der Waals surface area contributed by atoms with Crippen LogP contribution in [-0.4, -0.2) is 63.7 Å². The lowest BCUT2D eigenvalue weighted by Crippen LogP contribution is -2.54. The Morgan fingerprint density at radius 2 is 1.71 bits per heavy atom. The number of para-hydroxylation sites is 1. The van der Waals surface area contributed by atoms with Crippen molar-refractivity contribution in [3.8, 4) is 0 Å². The number of hydrogen-bond acceptors (Lipinski definition) is 5. The fourth-order valence-electron chi connectivity index (χ4n) is 4.97. The first-order valence-corrected chi connectivity index (χ1v) is 13.3. The third-order valence-electron chi connectivity index (χ3n) is 6.69. The van der Waals surface area contributed by atoms with E-state index in [1.54, 1.807) is 4.90 Å². The molecule has 2 aromatic carbocycles. The molecule has 2 amide bonds. The highest BCUT2D eigenvalue weighted by atomic mass is 32.2. The van der Waals surface area contributed by atoms with Gasteiger partial charge in [0.2, 0.25) is 21.8 Å². The molecule has 0 radical (unpaired) electrons. The van der Waals surface area contributed by atoms with Gasteiger partial charge in [0.05, 0.1) is 25.2 Å². The summed E-state index contributed by atoms with van der Waals surface area (Å²) < 4.78 is 32.0. The Balaban J connectivity index is 1.42. The Morgan fingerprint density at radius 1 is 1.06 bits per heavy atom. The molecule has 182 valence electrons. The summed E-state index contributed by atoms with van der Waals surface area (Å²) >= 11 is 0. The molecule has 0 aromatic heterocycles. The molecule has 1 unspecified atom stereocenters. The summed E-state index contributed by atoms with van der Waals surface area (Å²) in [5.41, 5.74) is 2.43. The van der Waals surface area contributed by atoms with Crippen molar-refractivity contribution in [3.05, 3.63) is 65.7 Å². The number of piperidine rings is 1. The highest BCUT2D eigenvalue weighted by Gasteiger charge is 2.47. The number of ether oxygens (including phenoxy) is 1.